The molecule has 0 radical (unpaired) electrons. The molecule has 0 saturated carbocycles. The highest BCUT2D eigenvalue weighted by Crippen LogP contribution is 2.24. The summed E-state index contributed by atoms with van der Waals surface area (Å²) in [6, 6.07) is 10.8. The third-order valence-corrected chi connectivity index (χ3v) is 4.45. The third-order valence-electron chi connectivity index (χ3n) is 3.09. The Morgan fingerprint density at radius 1 is 0.955 bits per heavy atom. The van der Waals surface area contributed by atoms with E-state index in [2.05, 4.69) is 9.71 Å². The fourth-order valence-electron chi connectivity index (χ4n) is 2.04. The molecule has 0 aliphatic carbocycles. The van der Waals surface area contributed by atoms with E-state index in [1.807, 2.05) is 0 Å². The smallest absolute Gasteiger partial charge is 0.262 e. The lowest BCUT2D eigenvalue weighted by atomic mass is 10.2. The largest absolute Gasteiger partial charge is 0.279 e. The van der Waals surface area contributed by atoms with Crippen LogP contribution in [0.5, 0.6) is 0 Å². The summed E-state index contributed by atoms with van der Waals surface area (Å²) in [6.07, 6.45) is 1.59. The summed E-state index contributed by atoms with van der Waals surface area (Å²) in [5, 5.41) is 0.608. The van der Waals surface area contributed by atoms with Crippen molar-refractivity contribution in [1.82, 2.24) is 4.98 Å². The van der Waals surface area contributed by atoms with Crippen LogP contribution >= 0.6 is 0 Å². The Bertz CT molecular complexity index is 953. The van der Waals surface area contributed by atoms with Crippen molar-refractivity contribution in [3.63, 3.8) is 0 Å². The molecule has 0 aliphatic rings. The van der Waals surface area contributed by atoms with Crippen molar-refractivity contribution in [2.24, 2.45) is 0 Å². The van der Waals surface area contributed by atoms with Crippen LogP contribution in [0.25, 0.3) is 10.9 Å². The van der Waals surface area contributed by atoms with Gasteiger partial charge < -0.3 is 0 Å². The number of pyridine rings is 1. The van der Waals surface area contributed by atoms with Gasteiger partial charge in [-0.1, -0.05) is 6.07 Å². The van der Waals surface area contributed by atoms with E-state index in [0.29, 0.717) is 22.7 Å². The predicted octanol–water partition coefficient (Wildman–Crippen LogP) is 3.31. The lowest BCUT2D eigenvalue weighted by Crippen LogP contribution is -2.13. The quantitative estimate of drug-likeness (QED) is 0.805. The summed E-state index contributed by atoms with van der Waals surface area (Å²) >= 11 is 0. The standard InChI is InChI=1S/C15H10F2N2O2S/c16-12-7-6-10(9-13(12)17)22(20,21)19-15-5-1-4-14-11(15)3-2-8-18-14/h1-9,19H. The van der Waals surface area contributed by atoms with Gasteiger partial charge in [-0.3, -0.25) is 9.71 Å². The number of nitrogens with zero attached hydrogens (tertiary/aromatic N) is 1. The van der Waals surface area contributed by atoms with Gasteiger partial charge in [-0.15, -0.1) is 0 Å². The van der Waals surface area contributed by atoms with Crippen molar-refractivity contribution >= 4 is 26.6 Å². The molecule has 112 valence electrons. The molecule has 3 rings (SSSR count). The molecule has 22 heavy (non-hydrogen) atoms. The van der Waals surface area contributed by atoms with E-state index in [0.717, 1.165) is 12.1 Å². The van der Waals surface area contributed by atoms with Gasteiger partial charge in [0.1, 0.15) is 0 Å². The molecule has 0 spiro atoms. The summed E-state index contributed by atoms with van der Waals surface area (Å²) in [4.78, 5) is 3.77. The fraction of sp³-hybridized carbons (Fsp3) is 0. The number of hydrogen-bond donors (Lipinski definition) is 1. The second kappa shape index (κ2) is 5.34. The molecule has 2 aromatic carbocycles. The summed E-state index contributed by atoms with van der Waals surface area (Å²) < 4.78 is 53.1. The first kappa shape index (κ1) is 14.4. The number of halogens is 2. The normalized spacial score (nSPS) is 11.5. The first-order chi connectivity index (χ1) is 10.5. The monoisotopic (exact) mass is 320 g/mol. The van der Waals surface area contributed by atoms with Crippen LogP contribution < -0.4 is 4.72 Å². The van der Waals surface area contributed by atoms with Gasteiger partial charge in [-0.2, -0.15) is 0 Å². The molecular weight excluding hydrogens is 310 g/mol. The molecule has 0 aliphatic heterocycles. The molecule has 0 fully saturated rings. The molecule has 0 bridgehead atoms. The molecule has 3 aromatic rings. The SMILES string of the molecule is O=S(=O)(Nc1cccc2ncccc12)c1ccc(F)c(F)c1. The summed E-state index contributed by atoms with van der Waals surface area (Å²) in [7, 11) is -4.03. The van der Waals surface area contributed by atoms with Gasteiger partial charge in [-0.25, -0.2) is 17.2 Å². The molecule has 1 N–H and O–H groups in total. The van der Waals surface area contributed by atoms with Gasteiger partial charge >= 0.3 is 0 Å². The fourth-order valence-corrected chi connectivity index (χ4v) is 3.13. The number of hydrogen-bond acceptors (Lipinski definition) is 3. The van der Waals surface area contributed by atoms with Crippen molar-refractivity contribution in [3.8, 4) is 0 Å². The lowest BCUT2D eigenvalue weighted by Gasteiger charge is -2.10. The van der Waals surface area contributed by atoms with Gasteiger partial charge in [-0.05, 0) is 42.5 Å². The number of sulfonamides is 1. The van der Waals surface area contributed by atoms with Crippen LogP contribution in [0.2, 0.25) is 0 Å². The Hall–Kier alpha value is -2.54. The Morgan fingerprint density at radius 3 is 2.55 bits per heavy atom. The van der Waals surface area contributed by atoms with Crippen molar-refractivity contribution < 1.29 is 17.2 Å². The highest BCUT2D eigenvalue weighted by molar-refractivity contribution is 7.92. The second-order valence-corrected chi connectivity index (χ2v) is 6.24. The Balaban J connectivity index is 2.05. The van der Waals surface area contributed by atoms with Gasteiger partial charge in [0, 0.05) is 11.6 Å². The van der Waals surface area contributed by atoms with E-state index in [9.17, 15) is 17.2 Å². The van der Waals surface area contributed by atoms with Gasteiger partial charge in [0.15, 0.2) is 11.6 Å². The molecule has 0 amide bonds. The topological polar surface area (TPSA) is 59.1 Å². The van der Waals surface area contributed by atoms with Gasteiger partial charge in [0.2, 0.25) is 0 Å². The van der Waals surface area contributed by atoms with E-state index in [1.54, 1.807) is 36.5 Å². The molecular formula is C15H10F2N2O2S. The maximum Gasteiger partial charge on any atom is 0.262 e. The number of benzene rings is 2. The van der Waals surface area contributed by atoms with Crippen LogP contribution in [0.15, 0.2) is 59.6 Å². The molecule has 1 heterocycles. The second-order valence-electron chi connectivity index (χ2n) is 4.56. The number of nitrogens with one attached hydrogen (secondary N) is 1. The minimum absolute atomic E-state index is 0.315. The molecule has 7 heteroatoms. The van der Waals surface area contributed by atoms with E-state index >= 15 is 0 Å². The van der Waals surface area contributed by atoms with Gasteiger partial charge in [0.05, 0.1) is 16.1 Å². The van der Waals surface area contributed by atoms with E-state index in [-0.39, 0.29) is 4.90 Å². The summed E-state index contributed by atoms with van der Waals surface area (Å²) in [5.74, 6) is -2.32. The van der Waals surface area contributed by atoms with E-state index in [4.69, 9.17) is 0 Å². The number of rotatable bonds is 3. The lowest BCUT2D eigenvalue weighted by molar-refractivity contribution is 0.504. The highest BCUT2D eigenvalue weighted by Gasteiger charge is 2.17. The van der Waals surface area contributed by atoms with Crippen molar-refractivity contribution in [2.75, 3.05) is 4.72 Å². The highest BCUT2D eigenvalue weighted by atomic mass is 32.2. The Morgan fingerprint density at radius 2 is 1.77 bits per heavy atom. The van der Waals surface area contributed by atoms with E-state index in [1.165, 1.54) is 0 Å². The number of fused-ring (bicyclic) bond motifs is 1. The average Bonchev–Trinajstić information content (AvgIpc) is 2.50. The van der Waals surface area contributed by atoms with Crippen LogP contribution in [-0.2, 0) is 10.0 Å². The first-order valence-corrected chi connectivity index (χ1v) is 7.77. The van der Waals surface area contributed by atoms with Gasteiger partial charge in [0.25, 0.3) is 10.0 Å². The number of anilines is 1. The summed E-state index contributed by atoms with van der Waals surface area (Å²) in [5.41, 5.74) is 0.934. The minimum Gasteiger partial charge on any atom is -0.279 e. The molecule has 1 aromatic heterocycles. The zero-order valence-electron chi connectivity index (χ0n) is 11.1. The maximum absolute atomic E-state index is 13.2. The van der Waals surface area contributed by atoms with Crippen molar-refractivity contribution in [3.05, 3.63) is 66.4 Å². The van der Waals surface area contributed by atoms with Crippen molar-refractivity contribution in [2.45, 2.75) is 4.90 Å². The minimum atomic E-state index is -4.03. The van der Waals surface area contributed by atoms with Crippen LogP contribution in [-0.4, -0.2) is 13.4 Å². The Kier molecular flexibility index (Phi) is 3.50. The first-order valence-electron chi connectivity index (χ1n) is 6.29. The third kappa shape index (κ3) is 2.62. The van der Waals surface area contributed by atoms with Crippen LogP contribution in [0, 0.1) is 11.6 Å². The van der Waals surface area contributed by atoms with Crippen LogP contribution in [0.1, 0.15) is 0 Å². The zero-order valence-corrected chi connectivity index (χ0v) is 11.9. The maximum atomic E-state index is 13.2. The van der Waals surface area contributed by atoms with Crippen LogP contribution in [0.4, 0.5) is 14.5 Å². The summed E-state index contributed by atoms with van der Waals surface area (Å²) in [6.45, 7) is 0. The molecule has 0 saturated heterocycles. The molecule has 0 unspecified atom stereocenters. The van der Waals surface area contributed by atoms with Crippen LogP contribution in [0.3, 0.4) is 0 Å². The average molecular weight is 320 g/mol. The van der Waals surface area contributed by atoms with E-state index < -0.39 is 21.7 Å². The number of aromatic nitrogens is 1. The molecule has 4 nitrogen and oxygen atoms in total. The zero-order chi connectivity index (χ0) is 15.7. The molecule has 0 atom stereocenters. The van der Waals surface area contributed by atoms with Crippen molar-refractivity contribution in [1.29, 1.82) is 0 Å². The predicted molar refractivity (Wildman–Crippen MR) is 78.9 cm³/mol. The Labute approximate surface area is 125 Å².